The minimum absolute atomic E-state index is 0.230. The van der Waals surface area contributed by atoms with Gasteiger partial charge in [0.15, 0.2) is 5.82 Å². The third-order valence-electron chi connectivity index (χ3n) is 2.52. The van der Waals surface area contributed by atoms with Crippen LogP contribution in [0.5, 0.6) is 0 Å². The largest absolute Gasteiger partial charge is 0.478 e. The lowest BCUT2D eigenvalue weighted by Gasteiger charge is -2.06. The molecule has 0 fully saturated rings. The number of aromatic carboxylic acids is 1. The lowest BCUT2D eigenvalue weighted by Crippen LogP contribution is -2.05. The van der Waals surface area contributed by atoms with Crippen molar-refractivity contribution in [1.29, 1.82) is 0 Å². The Morgan fingerprint density at radius 3 is 3.06 bits per heavy atom. The molecule has 94 valence electrons. The Bertz CT molecular complexity index is 551. The van der Waals surface area contributed by atoms with Gasteiger partial charge in [0.05, 0.1) is 12.2 Å². The summed E-state index contributed by atoms with van der Waals surface area (Å²) in [5.41, 5.74) is 0.956. The second kappa shape index (κ2) is 5.42. The second-order valence-corrected chi connectivity index (χ2v) is 3.73. The third kappa shape index (κ3) is 2.54. The van der Waals surface area contributed by atoms with E-state index in [0.29, 0.717) is 19.0 Å². The third-order valence-corrected chi connectivity index (χ3v) is 2.52. The molecule has 6 nitrogen and oxygen atoms in total. The van der Waals surface area contributed by atoms with E-state index < -0.39 is 5.97 Å². The molecule has 2 aromatic rings. The molecule has 0 bridgehead atoms. The number of hydrogen-bond donors (Lipinski definition) is 1. The van der Waals surface area contributed by atoms with E-state index in [2.05, 4.69) is 10.2 Å². The smallest absolute Gasteiger partial charge is 0.335 e. The van der Waals surface area contributed by atoms with E-state index in [4.69, 9.17) is 9.84 Å². The molecule has 6 heteroatoms. The van der Waals surface area contributed by atoms with Crippen molar-refractivity contribution in [1.82, 2.24) is 14.8 Å². The molecular weight excluding hydrogens is 234 g/mol. The summed E-state index contributed by atoms with van der Waals surface area (Å²) in [7, 11) is 1.62. The van der Waals surface area contributed by atoms with Gasteiger partial charge in [-0.1, -0.05) is 12.1 Å². The summed E-state index contributed by atoms with van der Waals surface area (Å²) in [6.07, 6.45) is 1.60. The first-order valence-electron chi connectivity index (χ1n) is 5.43. The Morgan fingerprint density at radius 2 is 2.33 bits per heavy atom. The summed E-state index contributed by atoms with van der Waals surface area (Å²) >= 11 is 0. The summed E-state index contributed by atoms with van der Waals surface area (Å²) in [5, 5.41) is 16.8. The van der Waals surface area contributed by atoms with Gasteiger partial charge in [-0.15, -0.1) is 10.2 Å². The van der Waals surface area contributed by atoms with Gasteiger partial charge in [-0.3, -0.25) is 0 Å². The first kappa shape index (κ1) is 12.3. The molecular formula is C12H13N3O3. The van der Waals surface area contributed by atoms with Crippen LogP contribution in [0.1, 0.15) is 10.4 Å². The maximum Gasteiger partial charge on any atom is 0.335 e. The molecule has 0 spiro atoms. The maximum absolute atomic E-state index is 10.9. The van der Waals surface area contributed by atoms with E-state index in [1.54, 1.807) is 37.7 Å². The second-order valence-electron chi connectivity index (χ2n) is 3.73. The Labute approximate surface area is 104 Å². The lowest BCUT2D eigenvalue weighted by molar-refractivity contribution is 0.0697. The normalized spacial score (nSPS) is 10.5. The molecule has 0 radical (unpaired) electrons. The van der Waals surface area contributed by atoms with Crippen molar-refractivity contribution >= 4 is 5.97 Å². The summed E-state index contributed by atoms with van der Waals surface area (Å²) in [4.78, 5) is 10.9. The van der Waals surface area contributed by atoms with Crippen molar-refractivity contribution in [3.63, 3.8) is 0 Å². The first-order chi connectivity index (χ1) is 8.72. The van der Waals surface area contributed by atoms with Crippen LogP contribution in [0.3, 0.4) is 0 Å². The number of carboxylic acid groups (broad SMARTS) is 1. The summed E-state index contributed by atoms with van der Waals surface area (Å²) in [5.74, 6) is -0.324. The predicted octanol–water partition coefficient (Wildman–Crippen LogP) is 1.29. The zero-order valence-electron chi connectivity index (χ0n) is 9.91. The minimum atomic E-state index is -0.959. The average molecular weight is 247 g/mol. The molecule has 18 heavy (non-hydrogen) atoms. The van der Waals surface area contributed by atoms with Crippen LogP contribution in [0.25, 0.3) is 11.4 Å². The van der Waals surface area contributed by atoms with Gasteiger partial charge in [-0.2, -0.15) is 0 Å². The van der Waals surface area contributed by atoms with E-state index in [1.807, 2.05) is 4.57 Å². The minimum Gasteiger partial charge on any atom is -0.478 e. The molecule has 0 aliphatic heterocycles. The molecule has 0 aliphatic rings. The molecule has 0 saturated carbocycles. The van der Waals surface area contributed by atoms with Gasteiger partial charge < -0.3 is 14.4 Å². The summed E-state index contributed by atoms with van der Waals surface area (Å²) in [6.45, 7) is 1.17. The van der Waals surface area contributed by atoms with Crippen molar-refractivity contribution in [3.8, 4) is 11.4 Å². The molecule has 2 rings (SSSR count). The Kier molecular flexibility index (Phi) is 3.69. The van der Waals surface area contributed by atoms with Crippen molar-refractivity contribution in [2.75, 3.05) is 13.7 Å². The predicted molar refractivity (Wildman–Crippen MR) is 64.3 cm³/mol. The van der Waals surface area contributed by atoms with Crippen LogP contribution in [0, 0.1) is 0 Å². The zero-order valence-corrected chi connectivity index (χ0v) is 9.91. The van der Waals surface area contributed by atoms with Crippen LogP contribution in [0.4, 0.5) is 0 Å². The van der Waals surface area contributed by atoms with Crippen molar-refractivity contribution < 1.29 is 14.6 Å². The van der Waals surface area contributed by atoms with Gasteiger partial charge in [0.2, 0.25) is 0 Å². The molecule has 0 saturated heterocycles. The van der Waals surface area contributed by atoms with Gasteiger partial charge >= 0.3 is 5.97 Å². The fourth-order valence-corrected chi connectivity index (χ4v) is 1.62. The summed E-state index contributed by atoms with van der Waals surface area (Å²) in [6, 6.07) is 6.62. The first-order valence-corrected chi connectivity index (χ1v) is 5.43. The highest BCUT2D eigenvalue weighted by Crippen LogP contribution is 2.18. The molecule has 1 heterocycles. The lowest BCUT2D eigenvalue weighted by atomic mass is 10.1. The Hall–Kier alpha value is -2.21. The summed E-state index contributed by atoms with van der Waals surface area (Å²) < 4.78 is 6.82. The molecule has 1 aromatic carbocycles. The fourth-order valence-electron chi connectivity index (χ4n) is 1.62. The standard InChI is InChI=1S/C12H13N3O3/c1-18-6-5-15-8-13-14-11(15)9-3-2-4-10(7-9)12(16)17/h2-4,7-8H,5-6H2,1H3,(H,16,17). The van der Waals surface area contributed by atoms with Gasteiger partial charge in [0.25, 0.3) is 0 Å². The SMILES string of the molecule is COCCn1cnnc1-c1cccc(C(=O)O)c1. The van der Waals surface area contributed by atoms with Gasteiger partial charge in [-0.05, 0) is 12.1 Å². The molecule has 1 aromatic heterocycles. The molecule has 0 atom stereocenters. The highest BCUT2D eigenvalue weighted by atomic mass is 16.5. The van der Waals surface area contributed by atoms with Crippen LogP contribution in [-0.4, -0.2) is 39.6 Å². The number of methoxy groups -OCH3 is 1. The molecule has 1 N–H and O–H groups in total. The number of hydrogen-bond acceptors (Lipinski definition) is 4. The van der Waals surface area contributed by atoms with Gasteiger partial charge in [0.1, 0.15) is 6.33 Å². The van der Waals surface area contributed by atoms with E-state index in [1.165, 1.54) is 0 Å². The van der Waals surface area contributed by atoms with E-state index in [0.717, 1.165) is 5.56 Å². The molecule has 0 unspecified atom stereocenters. The molecule has 0 amide bonds. The van der Waals surface area contributed by atoms with Crippen molar-refractivity contribution in [2.45, 2.75) is 6.54 Å². The number of aromatic nitrogens is 3. The van der Waals surface area contributed by atoms with Gasteiger partial charge in [0, 0.05) is 19.2 Å². The number of rotatable bonds is 5. The van der Waals surface area contributed by atoms with E-state index in [-0.39, 0.29) is 5.56 Å². The topological polar surface area (TPSA) is 77.2 Å². The average Bonchev–Trinajstić information content (AvgIpc) is 2.84. The zero-order chi connectivity index (χ0) is 13.0. The Morgan fingerprint density at radius 1 is 1.50 bits per heavy atom. The monoisotopic (exact) mass is 247 g/mol. The van der Waals surface area contributed by atoms with Gasteiger partial charge in [-0.25, -0.2) is 4.79 Å². The number of carbonyl (C=O) groups is 1. The number of nitrogens with zero attached hydrogens (tertiary/aromatic N) is 3. The van der Waals surface area contributed by atoms with Crippen LogP contribution < -0.4 is 0 Å². The van der Waals surface area contributed by atoms with E-state index in [9.17, 15) is 4.79 Å². The fraction of sp³-hybridized carbons (Fsp3) is 0.250. The maximum atomic E-state index is 10.9. The quantitative estimate of drug-likeness (QED) is 0.861. The van der Waals surface area contributed by atoms with Crippen LogP contribution in [-0.2, 0) is 11.3 Å². The van der Waals surface area contributed by atoms with Crippen molar-refractivity contribution in [3.05, 3.63) is 36.2 Å². The number of ether oxygens (including phenoxy) is 1. The Balaban J connectivity index is 2.33. The number of benzene rings is 1. The van der Waals surface area contributed by atoms with Crippen molar-refractivity contribution in [2.24, 2.45) is 0 Å². The molecule has 0 aliphatic carbocycles. The van der Waals surface area contributed by atoms with Crippen LogP contribution in [0.15, 0.2) is 30.6 Å². The van der Waals surface area contributed by atoms with Crippen LogP contribution in [0.2, 0.25) is 0 Å². The number of carboxylic acids is 1. The van der Waals surface area contributed by atoms with Crippen LogP contribution >= 0.6 is 0 Å². The highest BCUT2D eigenvalue weighted by molar-refractivity contribution is 5.89. The van der Waals surface area contributed by atoms with E-state index >= 15 is 0 Å². The highest BCUT2D eigenvalue weighted by Gasteiger charge is 2.09.